The Labute approximate surface area is 105 Å². The number of aliphatic imine (C=N–C) groups is 1. The minimum absolute atomic E-state index is 0.189. The SMILES string of the molecule is CC1=CNC=NC1c1sc2ccccc2c1C. The summed E-state index contributed by atoms with van der Waals surface area (Å²) in [6.07, 6.45) is 3.81. The second kappa shape index (κ2) is 4.00. The lowest BCUT2D eigenvalue weighted by molar-refractivity contribution is 0.831. The summed E-state index contributed by atoms with van der Waals surface area (Å²) >= 11 is 1.85. The number of hydrogen-bond acceptors (Lipinski definition) is 3. The molecule has 1 N–H and O–H groups in total. The molecule has 86 valence electrons. The highest BCUT2D eigenvalue weighted by molar-refractivity contribution is 7.19. The molecule has 0 fully saturated rings. The van der Waals surface area contributed by atoms with Gasteiger partial charge in [0.25, 0.3) is 0 Å². The highest BCUT2D eigenvalue weighted by Gasteiger charge is 2.19. The smallest absolute Gasteiger partial charge is 0.109 e. The number of nitrogens with one attached hydrogen (secondary N) is 1. The van der Waals surface area contributed by atoms with Crippen molar-refractivity contribution in [1.82, 2.24) is 5.32 Å². The average Bonchev–Trinajstić information content (AvgIpc) is 2.68. The lowest BCUT2D eigenvalue weighted by Crippen LogP contribution is -2.12. The van der Waals surface area contributed by atoms with E-state index in [0.717, 1.165) is 0 Å². The molecule has 0 aliphatic carbocycles. The number of aryl methyl sites for hydroxylation is 1. The van der Waals surface area contributed by atoms with Gasteiger partial charge in [0.2, 0.25) is 0 Å². The zero-order valence-electron chi connectivity index (χ0n) is 9.90. The molecule has 0 spiro atoms. The van der Waals surface area contributed by atoms with Crippen molar-refractivity contribution >= 4 is 27.8 Å². The predicted molar refractivity (Wildman–Crippen MR) is 74.7 cm³/mol. The first-order valence-corrected chi connectivity index (χ1v) is 6.51. The molecule has 1 aliphatic rings. The molecule has 0 saturated heterocycles. The summed E-state index contributed by atoms with van der Waals surface area (Å²) < 4.78 is 1.35. The van der Waals surface area contributed by atoms with Crippen LogP contribution in [-0.2, 0) is 0 Å². The normalized spacial score (nSPS) is 19.2. The van der Waals surface area contributed by atoms with Crippen molar-refractivity contribution in [3.63, 3.8) is 0 Å². The van der Waals surface area contributed by atoms with E-state index in [1.807, 2.05) is 17.5 Å². The average molecular weight is 242 g/mol. The van der Waals surface area contributed by atoms with Gasteiger partial charge in [0.1, 0.15) is 6.04 Å². The van der Waals surface area contributed by atoms with Gasteiger partial charge in [-0.25, -0.2) is 0 Å². The molecule has 0 bridgehead atoms. The first-order chi connectivity index (χ1) is 8.27. The molecule has 0 radical (unpaired) electrons. The Hall–Kier alpha value is -1.61. The highest BCUT2D eigenvalue weighted by atomic mass is 32.1. The highest BCUT2D eigenvalue weighted by Crippen LogP contribution is 2.39. The van der Waals surface area contributed by atoms with E-state index in [0.29, 0.717) is 0 Å². The van der Waals surface area contributed by atoms with E-state index < -0.39 is 0 Å². The first kappa shape index (κ1) is 10.5. The Morgan fingerprint density at radius 3 is 2.82 bits per heavy atom. The molecule has 1 aromatic heterocycles. The van der Waals surface area contributed by atoms with Crippen molar-refractivity contribution in [2.75, 3.05) is 0 Å². The third kappa shape index (κ3) is 1.67. The number of hydrogen-bond donors (Lipinski definition) is 1. The van der Waals surface area contributed by atoms with Gasteiger partial charge >= 0.3 is 0 Å². The molecular weight excluding hydrogens is 228 g/mol. The van der Waals surface area contributed by atoms with E-state index >= 15 is 0 Å². The van der Waals surface area contributed by atoms with Crippen LogP contribution >= 0.6 is 11.3 Å². The summed E-state index contributed by atoms with van der Waals surface area (Å²) in [5, 5.41) is 4.39. The predicted octanol–water partition coefficient (Wildman–Crippen LogP) is 3.79. The maximum Gasteiger partial charge on any atom is 0.109 e. The van der Waals surface area contributed by atoms with Crippen molar-refractivity contribution in [2.45, 2.75) is 19.9 Å². The number of thiophene rings is 1. The van der Waals surface area contributed by atoms with Crippen LogP contribution < -0.4 is 5.32 Å². The molecule has 17 heavy (non-hydrogen) atoms. The first-order valence-electron chi connectivity index (χ1n) is 5.70. The van der Waals surface area contributed by atoms with Gasteiger partial charge in [0, 0.05) is 15.8 Å². The van der Waals surface area contributed by atoms with Crippen LogP contribution in [0.4, 0.5) is 0 Å². The van der Waals surface area contributed by atoms with Crippen LogP contribution in [0.2, 0.25) is 0 Å². The van der Waals surface area contributed by atoms with Crippen LogP contribution in [0.15, 0.2) is 41.0 Å². The standard InChI is InChI=1S/C14H14N2S/c1-9-7-15-8-16-13(9)14-10(2)11-5-3-4-6-12(11)17-14/h3-8,13H,1-2H3,(H,15,16). The molecule has 1 unspecified atom stereocenters. The fourth-order valence-corrected chi connectivity index (χ4v) is 3.55. The number of nitrogens with zero attached hydrogens (tertiary/aromatic N) is 1. The van der Waals surface area contributed by atoms with E-state index in [1.54, 1.807) is 6.34 Å². The molecule has 2 nitrogen and oxygen atoms in total. The molecule has 3 heteroatoms. The van der Waals surface area contributed by atoms with Crippen molar-refractivity contribution in [1.29, 1.82) is 0 Å². The number of benzene rings is 1. The molecule has 2 heterocycles. The fraction of sp³-hybridized carbons (Fsp3) is 0.214. The lowest BCUT2D eigenvalue weighted by atomic mass is 10.0. The number of rotatable bonds is 1. The second-order valence-corrected chi connectivity index (χ2v) is 5.41. The van der Waals surface area contributed by atoms with Gasteiger partial charge in [-0.15, -0.1) is 11.3 Å². The van der Waals surface area contributed by atoms with Gasteiger partial charge in [0.05, 0.1) is 6.34 Å². The Morgan fingerprint density at radius 2 is 2.06 bits per heavy atom. The lowest BCUT2D eigenvalue weighted by Gasteiger charge is -2.16. The largest absolute Gasteiger partial charge is 0.353 e. The summed E-state index contributed by atoms with van der Waals surface area (Å²) in [5.74, 6) is 0. The van der Waals surface area contributed by atoms with E-state index in [9.17, 15) is 0 Å². The van der Waals surface area contributed by atoms with Gasteiger partial charge in [-0.3, -0.25) is 4.99 Å². The summed E-state index contributed by atoms with van der Waals surface area (Å²) in [7, 11) is 0. The molecule has 3 rings (SSSR count). The summed E-state index contributed by atoms with van der Waals surface area (Å²) in [6.45, 7) is 4.32. The topological polar surface area (TPSA) is 24.4 Å². The third-order valence-electron chi connectivity index (χ3n) is 3.17. The van der Waals surface area contributed by atoms with E-state index in [-0.39, 0.29) is 6.04 Å². The summed E-state index contributed by atoms with van der Waals surface area (Å²) in [4.78, 5) is 5.90. The van der Waals surface area contributed by atoms with Crippen molar-refractivity contribution in [3.8, 4) is 0 Å². The van der Waals surface area contributed by atoms with Crippen LogP contribution in [0.25, 0.3) is 10.1 Å². The van der Waals surface area contributed by atoms with Gasteiger partial charge in [-0.2, -0.15) is 0 Å². The van der Waals surface area contributed by atoms with Crippen LogP contribution in [0.3, 0.4) is 0 Å². The maximum absolute atomic E-state index is 4.54. The summed E-state index contributed by atoms with van der Waals surface area (Å²) in [6, 6.07) is 8.75. The number of fused-ring (bicyclic) bond motifs is 1. The van der Waals surface area contributed by atoms with E-state index in [1.165, 1.54) is 26.1 Å². The van der Waals surface area contributed by atoms with Crippen molar-refractivity contribution in [3.05, 3.63) is 46.5 Å². The van der Waals surface area contributed by atoms with Crippen LogP contribution in [-0.4, -0.2) is 6.34 Å². The monoisotopic (exact) mass is 242 g/mol. The Bertz CT molecular complexity index is 622. The Morgan fingerprint density at radius 1 is 1.24 bits per heavy atom. The molecule has 1 aliphatic heterocycles. The second-order valence-electron chi connectivity index (χ2n) is 4.32. The van der Waals surface area contributed by atoms with Crippen molar-refractivity contribution < 1.29 is 0 Å². The third-order valence-corrected chi connectivity index (χ3v) is 4.49. The zero-order valence-corrected chi connectivity index (χ0v) is 10.7. The minimum atomic E-state index is 0.189. The fourth-order valence-electron chi connectivity index (χ4n) is 2.21. The van der Waals surface area contributed by atoms with Crippen LogP contribution in [0, 0.1) is 6.92 Å². The van der Waals surface area contributed by atoms with Gasteiger partial charge in [-0.05, 0) is 36.4 Å². The maximum atomic E-state index is 4.54. The van der Waals surface area contributed by atoms with E-state index in [4.69, 9.17) is 0 Å². The van der Waals surface area contributed by atoms with Crippen LogP contribution in [0.5, 0.6) is 0 Å². The molecule has 2 aromatic rings. The molecule has 1 atom stereocenters. The molecule has 1 aromatic carbocycles. The van der Waals surface area contributed by atoms with Crippen molar-refractivity contribution in [2.24, 2.45) is 4.99 Å². The molecule has 0 amide bonds. The minimum Gasteiger partial charge on any atom is -0.353 e. The van der Waals surface area contributed by atoms with Gasteiger partial charge in [-0.1, -0.05) is 18.2 Å². The Kier molecular flexibility index (Phi) is 2.48. The Balaban J connectivity index is 2.17. The quantitative estimate of drug-likeness (QED) is 0.808. The zero-order chi connectivity index (χ0) is 11.8. The van der Waals surface area contributed by atoms with Gasteiger partial charge in [0.15, 0.2) is 0 Å². The molecular formula is C14H14N2S. The van der Waals surface area contributed by atoms with Crippen LogP contribution in [0.1, 0.15) is 23.4 Å². The van der Waals surface area contributed by atoms with Gasteiger partial charge < -0.3 is 5.32 Å². The molecule has 0 saturated carbocycles. The summed E-state index contributed by atoms with van der Waals surface area (Å²) in [5.41, 5.74) is 2.63. The van der Waals surface area contributed by atoms with E-state index in [2.05, 4.69) is 48.4 Å².